The van der Waals surface area contributed by atoms with Crippen LogP contribution in [-0.2, 0) is 5.88 Å². The van der Waals surface area contributed by atoms with Crippen LogP contribution in [0, 0.1) is 0 Å². The van der Waals surface area contributed by atoms with E-state index in [-0.39, 0.29) is 0 Å². The van der Waals surface area contributed by atoms with Gasteiger partial charge >= 0.3 is 0 Å². The number of aromatic nitrogens is 1. The van der Waals surface area contributed by atoms with Gasteiger partial charge in [-0.1, -0.05) is 6.07 Å². The molecule has 88 valence electrons. The summed E-state index contributed by atoms with van der Waals surface area (Å²) in [4.78, 5) is 9.18. The fourth-order valence-electron chi connectivity index (χ4n) is 2.25. The van der Waals surface area contributed by atoms with Gasteiger partial charge in [0.1, 0.15) is 5.82 Å². The Balaban J connectivity index is 2.23. The van der Waals surface area contributed by atoms with Gasteiger partial charge in [-0.15, -0.1) is 11.6 Å². The maximum absolute atomic E-state index is 5.95. The first-order valence-electron chi connectivity index (χ1n) is 5.67. The highest BCUT2D eigenvalue weighted by Gasteiger charge is 2.23. The van der Waals surface area contributed by atoms with Crippen LogP contribution < -0.4 is 4.90 Å². The highest BCUT2D eigenvalue weighted by atomic mass is 35.5. The van der Waals surface area contributed by atoms with Crippen molar-refractivity contribution in [2.45, 2.75) is 18.8 Å². The fraction of sp³-hybridized carbons (Fsp3) is 0.583. The molecule has 1 unspecified atom stereocenters. The molecule has 1 saturated heterocycles. The zero-order valence-electron chi connectivity index (χ0n) is 9.86. The Bertz CT molecular complexity index is 356. The molecule has 0 saturated carbocycles. The number of nitrogens with zero attached hydrogens (tertiary/aromatic N) is 3. The van der Waals surface area contributed by atoms with Gasteiger partial charge < -0.3 is 9.80 Å². The molecule has 3 nitrogen and oxygen atoms in total. The Morgan fingerprint density at radius 3 is 3.00 bits per heavy atom. The molecule has 0 N–H and O–H groups in total. The lowest BCUT2D eigenvalue weighted by molar-refractivity contribution is 0.274. The van der Waals surface area contributed by atoms with E-state index in [0.717, 1.165) is 31.0 Å². The van der Waals surface area contributed by atoms with Crippen molar-refractivity contribution in [2.75, 3.05) is 31.6 Å². The summed E-state index contributed by atoms with van der Waals surface area (Å²) in [5.74, 6) is 1.58. The summed E-state index contributed by atoms with van der Waals surface area (Å²) in [6.45, 7) is 5.43. The van der Waals surface area contributed by atoms with Crippen molar-refractivity contribution in [3.05, 3.63) is 23.9 Å². The second kappa shape index (κ2) is 5.02. The van der Waals surface area contributed by atoms with Gasteiger partial charge in [-0.05, 0) is 20.0 Å². The zero-order chi connectivity index (χ0) is 11.5. The van der Waals surface area contributed by atoms with Gasteiger partial charge in [-0.2, -0.15) is 0 Å². The Kier molecular flexibility index (Phi) is 3.66. The van der Waals surface area contributed by atoms with Crippen LogP contribution in [0.5, 0.6) is 0 Å². The van der Waals surface area contributed by atoms with E-state index in [2.05, 4.69) is 34.8 Å². The molecule has 0 aromatic carbocycles. The summed E-state index contributed by atoms with van der Waals surface area (Å²) < 4.78 is 0. The minimum Gasteiger partial charge on any atom is -0.351 e. The lowest BCUT2D eigenvalue weighted by Gasteiger charge is -2.39. The van der Waals surface area contributed by atoms with E-state index < -0.39 is 0 Å². The van der Waals surface area contributed by atoms with E-state index in [9.17, 15) is 0 Å². The Morgan fingerprint density at radius 1 is 1.50 bits per heavy atom. The largest absolute Gasteiger partial charge is 0.351 e. The summed E-state index contributed by atoms with van der Waals surface area (Å²) in [7, 11) is 2.16. The topological polar surface area (TPSA) is 19.4 Å². The Hall–Kier alpha value is -0.800. The molecule has 1 atom stereocenters. The molecule has 2 rings (SSSR count). The summed E-state index contributed by atoms with van der Waals surface area (Å²) in [6.07, 6.45) is 1.84. The lowest BCUT2D eigenvalue weighted by atomic mass is 10.1. The number of rotatable bonds is 2. The van der Waals surface area contributed by atoms with E-state index >= 15 is 0 Å². The van der Waals surface area contributed by atoms with Crippen LogP contribution in [-0.4, -0.2) is 42.6 Å². The molecular formula is C12H18ClN3. The standard InChI is InChI=1S/C12H18ClN3/c1-10-9-15(2)6-7-16(10)12-11(8-13)4-3-5-14-12/h3-5,10H,6-9H2,1-2H3. The third-order valence-electron chi connectivity index (χ3n) is 3.11. The van der Waals surface area contributed by atoms with Gasteiger partial charge in [0.25, 0.3) is 0 Å². The number of alkyl halides is 1. The molecule has 0 radical (unpaired) electrons. The monoisotopic (exact) mass is 239 g/mol. The second-order valence-corrected chi connectivity index (χ2v) is 4.69. The van der Waals surface area contributed by atoms with Crippen molar-refractivity contribution in [2.24, 2.45) is 0 Å². The number of pyridine rings is 1. The molecule has 1 aliphatic heterocycles. The molecular weight excluding hydrogens is 222 g/mol. The molecule has 1 aromatic rings. The molecule has 0 spiro atoms. The van der Waals surface area contributed by atoms with Crippen LogP contribution in [0.2, 0.25) is 0 Å². The van der Waals surface area contributed by atoms with Gasteiger partial charge in [-0.25, -0.2) is 4.98 Å². The molecule has 0 amide bonds. The number of anilines is 1. The van der Waals surface area contributed by atoms with E-state index in [1.54, 1.807) is 0 Å². The number of hydrogen-bond acceptors (Lipinski definition) is 3. The maximum atomic E-state index is 5.95. The quantitative estimate of drug-likeness (QED) is 0.736. The van der Waals surface area contributed by atoms with Crippen LogP contribution in [0.25, 0.3) is 0 Å². The average Bonchev–Trinajstić information content (AvgIpc) is 2.29. The molecule has 1 aromatic heterocycles. The number of piperazine rings is 1. The van der Waals surface area contributed by atoms with Crippen molar-refractivity contribution in [3.63, 3.8) is 0 Å². The smallest absolute Gasteiger partial charge is 0.133 e. The second-order valence-electron chi connectivity index (χ2n) is 4.42. The third kappa shape index (κ3) is 2.30. The lowest BCUT2D eigenvalue weighted by Crippen LogP contribution is -2.51. The summed E-state index contributed by atoms with van der Waals surface area (Å²) in [5, 5.41) is 0. The predicted octanol–water partition coefficient (Wildman–Crippen LogP) is 1.96. The minimum absolute atomic E-state index is 0.496. The van der Waals surface area contributed by atoms with Crippen LogP contribution in [0.3, 0.4) is 0 Å². The van der Waals surface area contributed by atoms with Gasteiger partial charge in [-0.3, -0.25) is 0 Å². The SMILES string of the molecule is CC1CN(C)CCN1c1ncccc1CCl. The van der Waals surface area contributed by atoms with Crippen molar-refractivity contribution < 1.29 is 0 Å². The number of hydrogen-bond donors (Lipinski definition) is 0. The molecule has 1 aliphatic rings. The summed E-state index contributed by atoms with van der Waals surface area (Å²) in [6, 6.07) is 4.50. The number of likely N-dealkylation sites (N-methyl/N-ethyl adjacent to an activating group) is 1. The van der Waals surface area contributed by atoms with Crippen molar-refractivity contribution in [1.29, 1.82) is 0 Å². The molecule has 1 fully saturated rings. The first-order valence-corrected chi connectivity index (χ1v) is 6.21. The van der Waals surface area contributed by atoms with Crippen molar-refractivity contribution in [1.82, 2.24) is 9.88 Å². The van der Waals surface area contributed by atoms with Crippen LogP contribution in [0.1, 0.15) is 12.5 Å². The van der Waals surface area contributed by atoms with Gasteiger partial charge in [0.2, 0.25) is 0 Å². The van der Waals surface area contributed by atoms with Crippen LogP contribution in [0.4, 0.5) is 5.82 Å². The van der Waals surface area contributed by atoms with E-state index in [1.165, 1.54) is 0 Å². The molecule has 0 aliphatic carbocycles. The van der Waals surface area contributed by atoms with Crippen LogP contribution >= 0.6 is 11.6 Å². The predicted molar refractivity (Wildman–Crippen MR) is 68.1 cm³/mol. The van der Waals surface area contributed by atoms with E-state index in [4.69, 9.17) is 11.6 Å². The van der Waals surface area contributed by atoms with Crippen molar-refractivity contribution in [3.8, 4) is 0 Å². The van der Waals surface area contributed by atoms with Gasteiger partial charge in [0, 0.05) is 37.4 Å². The average molecular weight is 240 g/mol. The number of halogens is 1. The Labute approximate surface area is 102 Å². The molecule has 4 heteroatoms. The highest BCUT2D eigenvalue weighted by molar-refractivity contribution is 6.17. The zero-order valence-corrected chi connectivity index (χ0v) is 10.6. The van der Waals surface area contributed by atoms with E-state index in [0.29, 0.717) is 11.9 Å². The first-order chi connectivity index (χ1) is 7.72. The normalized spacial score (nSPS) is 22.4. The summed E-state index contributed by atoms with van der Waals surface area (Å²) in [5.41, 5.74) is 1.13. The molecule has 2 heterocycles. The molecule has 0 bridgehead atoms. The third-order valence-corrected chi connectivity index (χ3v) is 3.40. The summed E-state index contributed by atoms with van der Waals surface area (Å²) >= 11 is 5.95. The molecule has 16 heavy (non-hydrogen) atoms. The maximum Gasteiger partial charge on any atom is 0.133 e. The van der Waals surface area contributed by atoms with Gasteiger partial charge in [0.05, 0.1) is 5.88 Å². The first kappa shape index (κ1) is 11.7. The van der Waals surface area contributed by atoms with Gasteiger partial charge in [0.15, 0.2) is 0 Å². The fourth-order valence-corrected chi connectivity index (χ4v) is 2.46. The van der Waals surface area contributed by atoms with E-state index in [1.807, 2.05) is 12.3 Å². The van der Waals surface area contributed by atoms with Crippen molar-refractivity contribution >= 4 is 17.4 Å². The minimum atomic E-state index is 0.496. The van der Waals surface area contributed by atoms with Crippen LogP contribution in [0.15, 0.2) is 18.3 Å². The Morgan fingerprint density at radius 2 is 2.31 bits per heavy atom. The highest BCUT2D eigenvalue weighted by Crippen LogP contribution is 2.23.